The predicted molar refractivity (Wildman–Crippen MR) is 68.3 cm³/mol. The molecular weight excluding hydrogens is 278 g/mol. The van der Waals surface area contributed by atoms with Gasteiger partial charge in [0.05, 0.1) is 11.5 Å². The Balaban J connectivity index is 2.60. The fourth-order valence-corrected chi connectivity index (χ4v) is 2.02. The summed E-state index contributed by atoms with van der Waals surface area (Å²) in [6, 6.07) is 5.40. The lowest BCUT2D eigenvalue weighted by Crippen LogP contribution is -2.27. The molecule has 0 saturated heterocycles. The summed E-state index contributed by atoms with van der Waals surface area (Å²) >= 11 is 0. The van der Waals surface area contributed by atoms with E-state index in [1.807, 2.05) is 6.92 Å². The number of carbonyl (C=O) groups excluding carboxylic acids is 1. The maximum Gasteiger partial charge on any atom is 0.261 e. The molecule has 1 N–H and O–H groups in total. The minimum atomic E-state index is -3.75. The van der Waals surface area contributed by atoms with Gasteiger partial charge in [0.25, 0.3) is 15.0 Å². The van der Waals surface area contributed by atoms with Crippen molar-refractivity contribution >= 4 is 25.6 Å². The Bertz CT molecular complexity index is 498. The highest BCUT2D eigenvalue weighted by atomic mass is 35.7. The third kappa shape index (κ3) is 4.64. The SMILES string of the molecule is CCOCCNC(=O)c1ccc(S(=O)(=O)Cl)cc1. The van der Waals surface area contributed by atoms with Gasteiger partial charge in [0.1, 0.15) is 0 Å². The summed E-state index contributed by atoms with van der Waals surface area (Å²) in [6.45, 7) is 3.31. The van der Waals surface area contributed by atoms with Gasteiger partial charge in [-0.1, -0.05) is 0 Å². The van der Waals surface area contributed by atoms with Crippen molar-refractivity contribution in [2.45, 2.75) is 11.8 Å². The van der Waals surface area contributed by atoms with Gasteiger partial charge in [0.15, 0.2) is 0 Å². The maximum absolute atomic E-state index is 11.6. The number of halogens is 1. The highest BCUT2D eigenvalue weighted by Crippen LogP contribution is 2.15. The summed E-state index contributed by atoms with van der Waals surface area (Å²) in [6.07, 6.45) is 0. The quantitative estimate of drug-likeness (QED) is 0.635. The van der Waals surface area contributed by atoms with Crippen molar-refractivity contribution in [2.75, 3.05) is 19.8 Å². The summed E-state index contributed by atoms with van der Waals surface area (Å²) in [5, 5.41) is 2.65. The second-order valence-corrected chi connectivity index (χ2v) is 5.98. The predicted octanol–water partition coefficient (Wildman–Crippen LogP) is 1.38. The molecule has 0 spiro atoms. The smallest absolute Gasteiger partial charge is 0.261 e. The topological polar surface area (TPSA) is 72.5 Å². The Morgan fingerprint density at radius 3 is 2.44 bits per heavy atom. The van der Waals surface area contributed by atoms with E-state index in [0.717, 1.165) is 0 Å². The first kappa shape index (κ1) is 14.9. The van der Waals surface area contributed by atoms with Crippen LogP contribution in [0.1, 0.15) is 17.3 Å². The molecule has 0 atom stereocenters. The van der Waals surface area contributed by atoms with E-state index >= 15 is 0 Å². The Kier molecular flexibility index (Phi) is 5.58. The molecule has 0 aliphatic heterocycles. The number of amides is 1. The van der Waals surface area contributed by atoms with Crippen LogP contribution in [0.2, 0.25) is 0 Å². The Morgan fingerprint density at radius 2 is 1.94 bits per heavy atom. The van der Waals surface area contributed by atoms with Crippen molar-refractivity contribution in [2.24, 2.45) is 0 Å². The fraction of sp³-hybridized carbons (Fsp3) is 0.364. The van der Waals surface area contributed by atoms with Crippen LogP contribution in [-0.2, 0) is 13.8 Å². The highest BCUT2D eigenvalue weighted by molar-refractivity contribution is 8.13. The molecule has 1 aromatic rings. The molecule has 0 bridgehead atoms. The number of hydrogen-bond donors (Lipinski definition) is 1. The summed E-state index contributed by atoms with van der Waals surface area (Å²) in [5.41, 5.74) is 0.371. The van der Waals surface area contributed by atoms with E-state index in [1.54, 1.807) is 0 Å². The molecule has 1 rings (SSSR count). The normalized spacial score (nSPS) is 11.2. The van der Waals surface area contributed by atoms with Gasteiger partial charge in [-0.05, 0) is 31.2 Å². The lowest BCUT2D eigenvalue weighted by molar-refractivity contribution is 0.0922. The van der Waals surface area contributed by atoms with Crippen LogP contribution in [0.3, 0.4) is 0 Å². The van der Waals surface area contributed by atoms with Crippen LogP contribution in [0.25, 0.3) is 0 Å². The van der Waals surface area contributed by atoms with Crippen molar-refractivity contribution in [1.29, 1.82) is 0 Å². The monoisotopic (exact) mass is 291 g/mol. The number of nitrogens with one attached hydrogen (secondary N) is 1. The van der Waals surface area contributed by atoms with E-state index < -0.39 is 9.05 Å². The second-order valence-electron chi connectivity index (χ2n) is 3.42. The van der Waals surface area contributed by atoms with E-state index in [9.17, 15) is 13.2 Å². The number of hydrogen-bond acceptors (Lipinski definition) is 4. The molecule has 1 amide bonds. The van der Waals surface area contributed by atoms with Crippen molar-refractivity contribution < 1.29 is 17.9 Å². The summed E-state index contributed by atoms with van der Waals surface area (Å²) in [5.74, 6) is -0.284. The van der Waals surface area contributed by atoms with Gasteiger partial charge in [0, 0.05) is 29.4 Å². The fourth-order valence-electron chi connectivity index (χ4n) is 1.25. The van der Waals surface area contributed by atoms with Gasteiger partial charge in [-0.3, -0.25) is 4.79 Å². The van der Waals surface area contributed by atoms with E-state index in [4.69, 9.17) is 15.4 Å². The van der Waals surface area contributed by atoms with Crippen LogP contribution in [0.5, 0.6) is 0 Å². The molecule has 0 fully saturated rings. The van der Waals surface area contributed by atoms with Gasteiger partial charge >= 0.3 is 0 Å². The summed E-state index contributed by atoms with van der Waals surface area (Å²) in [7, 11) is 1.41. The van der Waals surface area contributed by atoms with Crippen LogP contribution >= 0.6 is 10.7 Å². The standard InChI is InChI=1S/C11H14ClNO4S/c1-2-17-8-7-13-11(14)9-3-5-10(6-4-9)18(12,15)16/h3-6H,2,7-8H2,1H3,(H,13,14). The van der Waals surface area contributed by atoms with Crippen molar-refractivity contribution in [1.82, 2.24) is 5.32 Å². The third-order valence-electron chi connectivity index (χ3n) is 2.13. The van der Waals surface area contributed by atoms with Crippen LogP contribution in [-0.4, -0.2) is 34.1 Å². The number of rotatable bonds is 6. The van der Waals surface area contributed by atoms with E-state index in [-0.39, 0.29) is 10.8 Å². The van der Waals surface area contributed by atoms with Gasteiger partial charge in [-0.2, -0.15) is 0 Å². The zero-order chi connectivity index (χ0) is 13.6. The zero-order valence-electron chi connectivity index (χ0n) is 9.85. The average Bonchev–Trinajstić information content (AvgIpc) is 2.33. The van der Waals surface area contributed by atoms with E-state index in [0.29, 0.717) is 25.3 Å². The lowest BCUT2D eigenvalue weighted by atomic mass is 10.2. The molecule has 100 valence electrons. The van der Waals surface area contributed by atoms with Gasteiger partial charge in [-0.15, -0.1) is 0 Å². The lowest BCUT2D eigenvalue weighted by Gasteiger charge is -2.05. The molecule has 18 heavy (non-hydrogen) atoms. The summed E-state index contributed by atoms with van der Waals surface area (Å²) < 4.78 is 27.1. The molecule has 0 radical (unpaired) electrons. The van der Waals surface area contributed by atoms with Crippen LogP contribution < -0.4 is 5.32 Å². The Labute approximate surface area is 111 Å². The van der Waals surface area contributed by atoms with Gasteiger partial charge in [-0.25, -0.2) is 8.42 Å². The molecule has 0 aromatic heterocycles. The van der Waals surface area contributed by atoms with E-state index in [1.165, 1.54) is 24.3 Å². The minimum absolute atomic E-state index is 0.0324. The number of benzene rings is 1. The minimum Gasteiger partial charge on any atom is -0.380 e. The average molecular weight is 292 g/mol. The molecule has 0 unspecified atom stereocenters. The number of ether oxygens (including phenoxy) is 1. The second kappa shape index (κ2) is 6.72. The third-order valence-corrected chi connectivity index (χ3v) is 3.50. The largest absolute Gasteiger partial charge is 0.380 e. The highest BCUT2D eigenvalue weighted by Gasteiger charge is 2.11. The first-order chi connectivity index (χ1) is 8.45. The van der Waals surface area contributed by atoms with Crippen molar-refractivity contribution in [3.63, 3.8) is 0 Å². The molecular formula is C11H14ClNO4S. The molecule has 0 saturated carbocycles. The Morgan fingerprint density at radius 1 is 1.33 bits per heavy atom. The first-order valence-electron chi connectivity index (χ1n) is 5.36. The molecule has 0 aliphatic carbocycles. The van der Waals surface area contributed by atoms with Crippen LogP contribution in [0, 0.1) is 0 Å². The van der Waals surface area contributed by atoms with E-state index in [2.05, 4.69) is 5.32 Å². The molecule has 5 nitrogen and oxygen atoms in total. The van der Waals surface area contributed by atoms with Crippen molar-refractivity contribution in [3.8, 4) is 0 Å². The van der Waals surface area contributed by atoms with Crippen LogP contribution in [0.4, 0.5) is 0 Å². The number of carbonyl (C=O) groups is 1. The molecule has 0 aliphatic rings. The van der Waals surface area contributed by atoms with Crippen molar-refractivity contribution in [3.05, 3.63) is 29.8 Å². The summed E-state index contributed by atoms with van der Waals surface area (Å²) in [4.78, 5) is 11.6. The first-order valence-corrected chi connectivity index (χ1v) is 7.66. The Hall–Kier alpha value is -1.11. The van der Waals surface area contributed by atoms with Gasteiger partial charge < -0.3 is 10.1 Å². The zero-order valence-corrected chi connectivity index (χ0v) is 11.4. The van der Waals surface area contributed by atoms with Crippen LogP contribution in [0.15, 0.2) is 29.2 Å². The maximum atomic E-state index is 11.6. The molecule has 7 heteroatoms. The molecule has 1 aromatic carbocycles. The van der Waals surface area contributed by atoms with Gasteiger partial charge in [0.2, 0.25) is 0 Å². The molecule has 0 heterocycles.